The van der Waals surface area contributed by atoms with Crippen molar-refractivity contribution in [1.82, 2.24) is 9.97 Å². The smallest absolute Gasteiger partial charge is 0.191 e. The summed E-state index contributed by atoms with van der Waals surface area (Å²) in [6.07, 6.45) is 3.06. The van der Waals surface area contributed by atoms with Crippen LogP contribution >= 0.6 is 27.7 Å². The van der Waals surface area contributed by atoms with Crippen molar-refractivity contribution in [2.24, 2.45) is 10.9 Å². The van der Waals surface area contributed by atoms with Gasteiger partial charge in [-0.05, 0) is 28.1 Å². The summed E-state index contributed by atoms with van der Waals surface area (Å²) >= 11 is 4.84. The van der Waals surface area contributed by atoms with Crippen molar-refractivity contribution in [2.75, 3.05) is 0 Å². The highest BCUT2D eigenvalue weighted by molar-refractivity contribution is 9.10. The largest absolute Gasteiger partial charge is 0.409 e. The lowest BCUT2D eigenvalue weighted by Crippen LogP contribution is -2.16. The van der Waals surface area contributed by atoms with Gasteiger partial charge in [-0.1, -0.05) is 29.1 Å². The highest BCUT2D eigenvalue weighted by Gasteiger charge is 2.12. The van der Waals surface area contributed by atoms with Crippen LogP contribution in [0.25, 0.3) is 0 Å². The van der Waals surface area contributed by atoms with Gasteiger partial charge in [0.1, 0.15) is 10.7 Å². The number of nitrogens with zero attached hydrogens (tertiary/aromatic N) is 3. The topological polar surface area (TPSA) is 84.4 Å². The van der Waals surface area contributed by atoms with Gasteiger partial charge < -0.3 is 10.9 Å². The molecule has 2 rings (SSSR count). The fourth-order valence-corrected chi connectivity index (χ4v) is 2.67. The van der Waals surface area contributed by atoms with Gasteiger partial charge in [-0.15, -0.1) is 0 Å². The highest BCUT2D eigenvalue weighted by Crippen LogP contribution is 2.33. The fourth-order valence-electron chi connectivity index (χ4n) is 1.25. The summed E-state index contributed by atoms with van der Waals surface area (Å²) in [6, 6.07) is 7.73. The van der Waals surface area contributed by atoms with Crippen LogP contribution < -0.4 is 5.73 Å². The number of oxime groups is 1. The van der Waals surface area contributed by atoms with Crippen LogP contribution in [-0.2, 0) is 0 Å². The summed E-state index contributed by atoms with van der Waals surface area (Å²) in [5.41, 5.74) is 5.92. The van der Waals surface area contributed by atoms with Gasteiger partial charge in [-0.25, -0.2) is 9.97 Å². The van der Waals surface area contributed by atoms with Crippen LogP contribution in [-0.4, -0.2) is 21.0 Å². The number of rotatable bonds is 3. The molecule has 2 aromatic rings. The van der Waals surface area contributed by atoms with E-state index in [-0.39, 0.29) is 5.84 Å². The number of amidine groups is 1. The molecule has 0 saturated carbocycles. The summed E-state index contributed by atoms with van der Waals surface area (Å²) in [5.74, 6) is -0.0577. The molecule has 1 heterocycles. The molecular weight excluding hydrogens is 316 g/mol. The molecule has 0 aliphatic heterocycles. The Morgan fingerprint density at radius 1 is 1.28 bits per heavy atom. The second-order valence-electron chi connectivity index (χ2n) is 3.23. The minimum absolute atomic E-state index is 0.0577. The number of hydrogen-bond acceptors (Lipinski definition) is 5. The van der Waals surface area contributed by atoms with Gasteiger partial charge in [0, 0.05) is 21.8 Å². The van der Waals surface area contributed by atoms with Crippen LogP contribution in [0.1, 0.15) is 5.69 Å². The molecular formula is C11H9BrN4OS. The van der Waals surface area contributed by atoms with E-state index in [0.717, 1.165) is 9.37 Å². The molecule has 0 bridgehead atoms. The van der Waals surface area contributed by atoms with E-state index in [9.17, 15) is 0 Å². The van der Waals surface area contributed by atoms with E-state index in [1.807, 2.05) is 24.3 Å². The lowest BCUT2D eigenvalue weighted by Gasteiger charge is -2.06. The lowest BCUT2D eigenvalue weighted by molar-refractivity contribution is 0.318. The Balaban J connectivity index is 2.38. The van der Waals surface area contributed by atoms with Crippen LogP contribution in [0, 0.1) is 0 Å². The summed E-state index contributed by atoms with van der Waals surface area (Å²) in [5, 5.41) is 12.2. The van der Waals surface area contributed by atoms with Gasteiger partial charge in [-0.3, -0.25) is 0 Å². The normalized spacial score (nSPS) is 11.5. The Morgan fingerprint density at radius 2 is 2.00 bits per heavy atom. The van der Waals surface area contributed by atoms with Crippen molar-refractivity contribution >= 4 is 33.5 Å². The third-order valence-electron chi connectivity index (χ3n) is 2.06. The minimum Gasteiger partial charge on any atom is -0.409 e. The third kappa shape index (κ3) is 2.80. The van der Waals surface area contributed by atoms with Crippen molar-refractivity contribution in [3.63, 3.8) is 0 Å². The van der Waals surface area contributed by atoms with E-state index in [0.29, 0.717) is 10.7 Å². The summed E-state index contributed by atoms with van der Waals surface area (Å²) < 4.78 is 0.950. The SMILES string of the molecule is NC(=NO)c1nccnc1Sc1ccccc1Br. The van der Waals surface area contributed by atoms with Gasteiger partial charge in [-0.2, -0.15) is 0 Å². The van der Waals surface area contributed by atoms with E-state index in [1.54, 1.807) is 6.20 Å². The molecule has 0 radical (unpaired) electrons. The van der Waals surface area contributed by atoms with Gasteiger partial charge >= 0.3 is 0 Å². The monoisotopic (exact) mass is 324 g/mol. The average Bonchev–Trinajstić information content (AvgIpc) is 2.41. The van der Waals surface area contributed by atoms with Crippen molar-refractivity contribution in [3.05, 3.63) is 46.8 Å². The Bertz CT molecular complexity index is 591. The zero-order valence-electron chi connectivity index (χ0n) is 9.12. The van der Waals surface area contributed by atoms with E-state index in [2.05, 4.69) is 31.1 Å². The lowest BCUT2D eigenvalue weighted by atomic mass is 10.4. The first-order valence-electron chi connectivity index (χ1n) is 4.93. The maximum absolute atomic E-state index is 8.71. The van der Waals surface area contributed by atoms with Gasteiger partial charge in [0.2, 0.25) is 0 Å². The molecule has 0 aliphatic rings. The van der Waals surface area contributed by atoms with Crippen LogP contribution in [0.5, 0.6) is 0 Å². The molecule has 0 saturated heterocycles. The Hall–Kier alpha value is -1.60. The van der Waals surface area contributed by atoms with Gasteiger partial charge in [0.15, 0.2) is 5.84 Å². The molecule has 7 heteroatoms. The van der Waals surface area contributed by atoms with Crippen molar-refractivity contribution in [1.29, 1.82) is 0 Å². The molecule has 0 atom stereocenters. The molecule has 0 unspecified atom stereocenters. The summed E-state index contributed by atoms with van der Waals surface area (Å²) in [4.78, 5) is 9.23. The van der Waals surface area contributed by atoms with Gasteiger partial charge in [0.05, 0.1) is 0 Å². The number of halogens is 1. The Morgan fingerprint density at radius 3 is 2.72 bits per heavy atom. The second kappa shape index (κ2) is 5.83. The standard InChI is InChI=1S/C11H9BrN4OS/c12-7-3-1-2-4-8(7)18-11-9(10(13)16-17)14-5-6-15-11/h1-6,17H,(H2,13,16). The zero-order valence-corrected chi connectivity index (χ0v) is 11.5. The van der Waals surface area contributed by atoms with E-state index >= 15 is 0 Å². The molecule has 1 aromatic heterocycles. The molecule has 0 amide bonds. The van der Waals surface area contributed by atoms with E-state index in [4.69, 9.17) is 10.9 Å². The van der Waals surface area contributed by atoms with Crippen LogP contribution in [0.3, 0.4) is 0 Å². The third-order valence-corrected chi connectivity index (χ3v) is 4.08. The molecule has 18 heavy (non-hydrogen) atoms. The maximum Gasteiger partial charge on any atom is 0.191 e. The average molecular weight is 325 g/mol. The summed E-state index contributed by atoms with van der Waals surface area (Å²) in [6.45, 7) is 0. The van der Waals surface area contributed by atoms with Crippen molar-refractivity contribution in [3.8, 4) is 0 Å². The van der Waals surface area contributed by atoms with Crippen LogP contribution in [0.4, 0.5) is 0 Å². The Kier molecular flexibility index (Phi) is 4.16. The predicted octanol–water partition coefficient (Wildman–Crippen LogP) is 2.48. The number of aromatic nitrogens is 2. The number of nitrogens with two attached hydrogens (primary N) is 1. The molecule has 0 aliphatic carbocycles. The quantitative estimate of drug-likeness (QED) is 0.392. The first kappa shape index (κ1) is 12.8. The van der Waals surface area contributed by atoms with Crippen molar-refractivity contribution < 1.29 is 5.21 Å². The minimum atomic E-state index is -0.0577. The maximum atomic E-state index is 8.71. The van der Waals surface area contributed by atoms with E-state index in [1.165, 1.54) is 18.0 Å². The van der Waals surface area contributed by atoms with E-state index < -0.39 is 0 Å². The molecule has 5 nitrogen and oxygen atoms in total. The first-order chi connectivity index (χ1) is 8.72. The van der Waals surface area contributed by atoms with Crippen LogP contribution in [0.2, 0.25) is 0 Å². The molecule has 0 spiro atoms. The molecule has 0 fully saturated rings. The zero-order chi connectivity index (χ0) is 13.0. The first-order valence-corrected chi connectivity index (χ1v) is 6.54. The Labute approximate surface area is 116 Å². The fraction of sp³-hybridized carbons (Fsp3) is 0. The van der Waals surface area contributed by atoms with Crippen molar-refractivity contribution in [2.45, 2.75) is 9.92 Å². The molecule has 92 valence electrons. The number of benzene rings is 1. The highest BCUT2D eigenvalue weighted by atomic mass is 79.9. The molecule has 1 aromatic carbocycles. The van der Waals surface area contributed by atoms with Gasteiger partial charge in [0.25, 0.3) is 0 Å². The van der Waals surface area contributed by atoms with Crippen LogP contribution in [0.15, 0.2) is 56.2 Å². The number of hydrogen-bond donors (Lipinski definition) is 2. The second-order valence-corrected chi connectivity index (χ2v) is 5.11. The molecule has 3 N–H and O–H groups in total. The summed E-state index contributed by atoms with van der Waals surface area (Å²) in [7, 11) is 0. The predicted molar refractivity (Wildman–Crippen MR) is 72.8 cm³/mol.